The van der Waals surface area contributed by atoms with E-state index in [0.29, 0.717) is 17.4 Å². The molecule has 0 radical (unpaired) electrons. The summed E-state index contributed by atoms with van der Waals surface area (Å²) in [5.41, 5.74) is 0. The molecule has 0 aliphatic carbocycles. The molecule has 0 heterocycles. The van der Waals surface area contributed by atoms with Crippen LogP contribution in [0, 0.1) is 0 Å². The number of unbranched alkanes of at least 4 members (excludes halogenated alkanes) is 25. The van der Waals surface area contributed by atoms with Crippen molar-refractivity contribution >= 4 is 17.9 Å². The predicted octanol–water partition coefficient (Wildman–Crippen LogP) is 13.8. The monoisotopic (exact) mass is 863 g/mol. The molecule has 0 aromatic carbocycles. The van der Waals surface area contributed by atoms with Gasteiger partial charge in [-0.15, -0.1) is 0 Å². The lowest BCUT2D eigenvalue weighted by molar-refractivity contribution is -0.870. The molecule has 0 saturated carbocycles. The number of carboxylic acid groups (broad SMARTS) is 1. The summed E-state index contributed by atoms with van der Waals surface area (Å²) in [6.45, 7) is 4.77. The Hall–Kier alpha value is -2.49. The van der Waals surface area contributed by atoms with Gasteiger partial charge in [0.2, 0.25) is 0 Å². The molecule has 0 amide bonds. The van der Waals surface area contributed by atoms with E-state index in [4.69, 9.17) is 18.9 Å². The molecule has 0 fully saturated rings. The van der Waals surface area contributed by atoms with Crippen molar-refractivity contribution in [2.24, 2.45) is 0 Å². The fraction of sp³-hybridized carbons (Fsp3) is 0.827. The highest BCUT2D eigenvalue weighted by Gasteiger charge is 2.25. The average molecular weight is 863 g/mol. The Bertz CT molecular complexity index is 1100. The second kappa shape index (κ2) is 44.1. The Morgan fingerprint density at radius 3 is 1.31 bits per heavy atom. The van der Waals surface area contributed by atoms with Crippen LogP contribution in [0.4, 0.5) is 0 Å². The van der Waals surface area contributed by atoms with E-state index in [0.717, 1.165) is 64.2 Å². The van der Waals surface area contributed by atoms with E-state index in [1.54, 1.807) is 0 Å². The number of hydrogen-bond donors (Lipinski definition) is 1. The van der Waals surface area contributed by atoms with Gasteiger partial charge in [-0.05, 0) is 51.4 Å². The SMILES string of the molecule is CCCCCCC/C=C\C/C=C\C/C=C\CCCCCCCCCCCCCCCCCCC(=O)OC(COC(=O)CCCCCCC)COC(OCC[N+](C)(C)C)C(=O)O. The Morgan fingerprint density at radius 2 is 0.885 bits per heavy atom. The lowest BCUT2D eigenvalue weighted by Crippen LogP contribution is -2.40. The Morgan fingerprint density at radius 1 is 0.492 bits per heavy atom. The lowest BCUT2D eigenvalue weighted by atomic mass is 10.0. The van der Waals surface area contributed by atoms with Crippen molar-refractivity contribution in [2.75, 3.05) is 47.5 Å². The highest BCUT2D eigenvalue weighted by atomic mass is 16.7. The van der Waals surface area contributed by atoms with Crippen molar-refractivity contribution in [2.45, 2.75) is 232 Å². The summed E-state index contributed by atoms with van der Waals surface area (Å²) in [4.78, 5) is 36.8. The first-order valence-electron chi connectivity index (χ1n) is 25.2. The van der Waals surface area contributed by atoms with Crippen molar-refractivity contribution in [3.8, 4) is 0 Å². The number of nitrogens with zero attached hydrogens (tertiary/aromatic N) is 1. The number of carboxylic acids is 1. The fourth-order valence-electron chi connectivity index (χ4n) is 6.96. The molecule has 9 nitrogen and oxygen atoms in total. The molecule has 2 unspecified atom stereocenters. The van der Waals surface area contributed by atoms with Gasteiger partial charge in [-0.2, -0.15) is 0 Å². The molecule has 0 bridgehead atoms. The van der Waals surface area contributed by atoms with Crippen LogP contribution in [0.15, 0.2) is 36.5 Å². The van der Waals surface area contributed by atoms with Crippen molar-refractivity contribution in [3.05, 3.63) is 36.5 Å². The van der Waals surface area contributed by atoms with Crippen LogP contribution in [0.5, 0.6) is 0 Å². The predicted molar refractivity (Wildman–Crippen MR) is 254 cm³/mol. The molecule has 61 heavy (non-hydrogen) atoms. The third-order valence-corrected chi connectivity index (χ3v) is 10.9. The number of carbonyl (C=O) groups excluding carboxylic acids is 2. The van der Waals surface area contributed by atoms with Crippen LogP contribution in [0.1, 0.15) is 219 Å². The maximum absolute atomic E-state index is 12.7. The van der Waals surface area contributed by atoms with Crippen LogP contribution in [0.25, 0.3) is 0 Å². The van der Waals surface area contributed by atoms with E-state index in [9.17, 15) is 19.5 Å². The van der Waals surface area contributed by atoms with Gasteiger partial charge in [0.15, 0.2) is 6.10 Å². The molecule has 0 spiro atoms. The number of aliphatic carboxylic acids is 1. The zero-order chi connectivity index (χ0) is 44.9. The van der Waals surface area contributed by atoms with Crippen molar-refractivity contribution in [1.82, 2.24) is 0 Å². The van der Waals surface area contributed by atoms with Crippen LogP contribution in [0.3, 0.4) is 0 Å². The van der Waals surface area contributed by atoms with E-state index in [-0.39, 0.29) is 32.2 Å². The molecular formula is C52H96NO8+. The summed E-state index contributed by atoms with van der Waals surface area (Å²) < 4.78 is 22.6. The first kappa shape index (κ1) is 58.5. The van der Waals surface area contributed by atoms with Gasteiger partial charge in [0.1, 0.15) is 13.2 Å². The van der Waals surface area contributed by atoms with Gasteiger partial charge < -0.3 is 28.5 Å². The maximum Gasteiger partial charge on any atom is 0.361 e. The molecule has 1 N–H and O–H groups in total. The van der Waals surface area contributed by atoms with Crippen LogP contribution >= 0.6 is 0 Å². The summed E-state index contributed by atoms with van der Waals surface area (Å²) in [5.74, 6) is -2.02. The van der Waals surface area contributed by atoms with Gasteiger partial charge in [-0.3, -0.25) is 9.59 Å². The highest BCUT2D eigenvalue weighted by molar-refractivity contribution is 5.71. The largest absolute Gasteiger partial charge is 0.477 e. The van der Waals surface area contributed by atoms with Gasteiger partial charge >= 0.3 is 17.9 Å². The number of rotatable bonds is 46. The zero-order valence-corrected chi connectivity index (χ0v) is 40.3. The lowest BCUT2D eigenvalue weighted by Gasteiger charge is -2.25. The number of esters is 2. The number of quaternary nitrogens is 1. The molecule has 0 saturated heterocycles. The summed E-state index contributed by atoms with van der Waals surface area (Å²) >= 11 is 0. The fourth-order valence-corrected chi connectivity index (χ4v) is 6.96. The molecule has 356 valence electrons. The van der Waals surface area contributed by atoms with Crippen LogP contribution in [-0.2, 0) is 33.3 Å². The molecular weight excluding hydrogens is 767 g/mol. The second-order valence-electron chi connectivity index (χ2n) is 18.1. The van der Waals surface area contributed by atoms with Gasteiger partial charge in [0, 0.05) is 12.8 Å². The summed E-state index contributed by atoms with van der Waals surface area (Å²) in [7, 11) is 5.95. The summed E-state index contributed by atoms with van der Waals surface area (Å²) in [6.07, 6.45) is 48.5. The second-order valence-corrected chi connectivity index (χ2v) is 18.1. The maximum atomic E-state index is 12.7. The quantitative estimate of drug-likeness (QED) is 0.0212. The Balaban J connectivity index is 3.97. The first-order valence-corrected chi connectivity index (χ1v) is 25.2. The topological polar surface area (TPSA) is 108 Å². The molecule has 0 aromatic heterocycles. The van der Waals surface area contributed by atoms with E-state index < -0.39 is 24.3 Å². The molecule has 2 atom stereocenters. The first-order chi connectivity index (χ1) is 29.6. The minimum absolute atomic E-state index is 0.181. The standard InChI is InChI=1S/C52H95NO8/c1-6-8-10-12-13-14-15-16-17-18-19-20-21-22-23-24-25-26-27-28-29-30-31-32-33-34-35-36-37-39-41-43-50(55)61-48(46-59-49(54)42-40-38-11-9-7-2)47-60-52(51(56)57)58-45-44-53(3,4)5/h15-16,18-19,21-22,48,52H,6-14,17,20,23-47H2,1-5H3/p+1/b16-15-,19-18-,22-21-. The van der Waals surface area contributed by atoms with Gasteiger partial charge in [0.05, 0.1) is 34.4 Å². The van der Waals surface area contributed by atoms with Crippen molar-refractivity contribution in [3.63, 3.8) is 0 Å². The average Bonchev–Trinajstić information content (AvgIpc) is 3.22. The number of allylic oxidation sites excluding steroid dienone is 6. The van der Waals surface area contributed by atoms with E-state index in [2.05, 4.69) is 50.3 Å². The minimum atomic E-state index is -1.50. The van der Waals surface area contributed by atoms with Gasteiger partial charge in [0.25, 0.3) is 6.29 Å². The Kier molecular flexibility index (Phi) is 42.3. The number of likely N-dealkylation sites (N-methyl/N-ethyl adjacent to an activating group) is 1. The molecule has 0 rings (SSSR count). The zero-order valence-electron chi connectivity index (χ0n) is 40.3. The number of ether oxygens (including phenoxy) is 4. The van der Waals surface area contributed by atoms with Crippen LogP contribution in [-0.4, -0.2) is 87.4 Å². The smallest absolute Gasteiger partial charge is 0.361 e. The summed E-state index contributed by atoms with van der Waals surface area (Å²) in [5, 5.41) is 9.59. The summed E-state index contributed by atoms with van der Waals surface area (Å²) in [6, 6.07) is 0. The van der Waals surface area contributed by atoms with E-state index in [1.807, 2.05) is 21.1 Å². The molecule has 0 aliphatic heterocycles. The third-order valence-electron chi connectivity index (χ3n) is 10.9. The van der Waals surface area contributed by atoms with E-state index >= 15 is 0 Å². The van der Waals surface area contributed by atoms with Crippen molar-refractivity contribution < 1.29 is 42.9 Å². The normalized spacial score (nSPS) is 13.1. The highest BCUT2D eigenvalue weighted by Crippen LogP contribution is 2.16. The number of hydrogen-bond acceptors (Lipinski definition) is 7. The molecule has 9 heteroatoms. The van der Waals surface area contributed by atoms with Crippen molar-refractivity contribution in [1.29, 1.82) is 0 Å². The van der Waals surface area contributed by atoms with E-state index in [1.165, 1.54) is 128 Å². The van der Waals surface area contributed by atoms with Gasteiger partial charge in [-0.25, -0.2) is 4.79 Å². The Labute approximate surface area is 375 Å². The minimum Gasteiger partial charge on any atom is -0.477 e. The molecule has 0 aromatic rings. The van der Waals surface area contributed by atoms with Crippen LogP contribution < -0.4 is 0 Å². The third kappa shape index (κ3) is 45.4. The van der Waals surface area contributed by atoms with Gasteiger partial charge in [-0.1, -0.05) is 192 Å². The molecule has 0 aliphatic rings. The van der Waals surface area contributed by atoms with Crippen LogP contribution in [0.2, 0.25) is 0 Å². The number of carbonyl (C=O) groups is 3.